The van der Waals surface area contributed by atoms with Crippen molar-refractivity contribution in [2.45, 2.75) is 44.9 Å². The van der Waals surface area contributed by atoms with Crippen molar-refractivity contribution < 1.29 is 9.47 Å². The van der Waals surface area contributed by atoms with E-state index in [1.54, 1.807) is 6.20 Å². The monoisotopic (exact) mass is 321 g/mol. The molecule has 4 rings (SSSR count). The predicted molar refractivity (Wildman–Crippen MR) is 84.7 cm³/mol. The summed E-state index contributed by atoms with van der Waals surface area (Å²) in [6, 6.07) is 0. The first-order valence-corrected chi connectivity index (χ1v) is 8.07. The molecule has 0 aliphatic heterocycles. The maximum Gasteiger partial charge on any atom is 0.224 e. The summed E-state index contributed by atoms with van der Waals surface area (Å²) in [6.45, 7) is 4.92. The lowest BCUT2D eigenvalue weighted by atomic mass is 9.50. The molecule has 0 radical (unpaired) electrons. The molecule has 0 atom stereocenters. The number of halogens is 1. The average Bonchev–Trinajstić information content (AvgIpc) is 2.41. The van der Waals surface area contributed by atoms with Gasteiger partial charge in [0.1, 0.15) is 5.82 Å². The van der Waals surface area contributed by atoms with Gasteiger partial charge < -0.3 is 14.8 Å². The summed E-state index contributed by atoms with van der Waals surface area (Å²) in [4.78, 5) is 8.32. The van der Waals surface area contributed by atoms with E-state index in [1.165, 1.54) is 19.3 Å². The molecule has 1 aromatic rings. The number of aromatic nitrogens is 2. The molecule has 0 unspecified atom stereocenters. The van der Waals surface area contributed by atoms with Crippen molar-refractivity contribution in [3.63, 3.8) is 0 Å². The third-order valence-electron chi connectivity index (χ3n) is 4.14. The van der Waals surface area contributed by atoms with Crippen LogP contribution in [0.25, 0.3) is 0 Å². The van der Waals surface area contributed by atoms with E-state index in [4.69, 9.17) is 21.1 Å². The summed E-state index contributed by atoms with van der Waals surface area (Å²) in [5.74, 6) is 7.62. The molecule has 22 heavy (non-hydrogen) atoms. The Morgan fingerprint density at radius 1 is 1.36 bits per heavy atom. The molecule has 1 N–H and O–H groups in total. The molecular formula is C16H20ClN3O2. The van der Waals surface area contributed by atoms with Crippen LogP contribution in [-0.2, 0) is 9.47 Å². The minimum Gasteiger partial charge on any atom is -0.363 e. The Morgan fingerprint density at radius 2 is 2.05 bits per heavy atom. The van der Waals surface area contributed by atoms with Crippen LogP contribution >= 0.6 is 11.6 Å². The minimum atomic E-state index is -0.534. The maximum atomic E-state index is 5.92. The van der Waals surface area contributed by atoms with Crippen LogP contribution in [0.5, 0.6) is 0 Å². The van der Waals surface area contributed by atoms with Gasteiger partial charge in [-0.15, -0.1) is 0 Å². The number of hydrogen-bond acceptors (Lipinski definition) is 5. The van der Waals surface area contributed by atoms with Crippen LogP contribution in [-0.4, -0.2) is 35.0 Å². The molecule has 3 aliphatic rings. The third kappa shape index (κ3) is 3.19. The number of ether oxygens (including phenoxy) is 2. The van der Waals surface area contributed by atoms with Crippen LogP contribution in [0.2, 0.25) is 5.28 Å². The fraction of sp³-hybridized carbons (Fsp3) is 0.625. The number of anilines is 1. The SMILES string of the molecule is CCOC(C#Cc1cnc(Cl)nc1NC12CC(C1)C2)OCC. The molecule has 1 aromatic heterocycles. The summed E-state index contributed by atoms with van der Waals surface area (Å²) in [5, 5.41) is 3.73. The van der Waals surface area contributed by atoms with Crippen molar-refractivity contribution in [1.82, 2.24) is 9.97 Å². The summed E-state index contributed by atoms with van der Waals surface area (Å²) in [6.07, 6.45) is 4.74. The first-order chi connectivity index (χ1) is 10.6. The van der Waals surface area contributed by atoms with Gasteiger partial charge in [-0.05, 0) is 56.5 Å². The van der Waals surface area contributed by atoms with E-state index in [0.717, 1.165) is 11.5 Å². The van der Waals surface area contributed by atoms with Crippen molar-refractivity contribution in [2.75, 3.05) is 18.5 Å². The molecule has 0 spiro atoms. The lowest BCUT2D eigenvalue weighted by Gasteiger charge is -2.62. The molecule has 6 heteroatoms. The molecule has 118 valence electrons. The quantitative estimate of drug-likeness (QED) is 0.496. The Labute approximate surface area is 135 Å². The highest BCUT2D eigenvalue weighted by Gasteiger charge is 2.56. The second-order valence-electron chi connectivity index (χ2n) is 5.80. The number of nitrogens with zero attached hydrogens (tertiary/aromatic N) is 2. The molecule has 3 saturated carbocycles. The van der Waals surface area contributed by atoms with Gasteiger partial charge >= 0.3 is 0 Å². The topological polar surface area (TPSA) is 56.3 Å². The summed E-state index contributed by atoms with van der Waals surface area (Å²) >= 11 is 5.92. The van der Waals surface area contributed by atoms with Crippen LogP contribution in [0.3, 0.4) is 0 Å². The predicted octanol–water partition coefficient (Wildman–Crippen LogP) is 2.85. The normalized spacial score (nSPS) is 25.0. The van der Waals surface area contributed by atoms with E-state index in [1.807, 2.05) is 13.8 Å². The third-order valence-corrected chi connectivity index (χ3v) is 4.32. The van der Waals surface area contributed by atoms with E-state index < -0.39 is 6.29 Å². The van der Waals surface area contributed by atoms with Gasteiger partial charge in [0.2, 0.25) is 11.6 Å². The summed E-state index contributed by atoms with van der Waals surface area (Å²) < 4.78 is 10.9. The molecule has 5 nitrogen and oxygen atoms in total. The average molecular weight is 322 g/mol. The molecule has 1 heterocycles. The van der Waals surface area contributed by atoms with E-state index >= 15 is 0 Å². The zero-order valence-corrected chi connectivity index (χ0v) is 13.6. The minimum absolute atomic E-state index is 0.206. The first-order valence-electron chi connectivity index (χ1n) is 7.69. The van der Waals surface area contributed by atoms with Gasteiger partial charge in [0, 0.05) is 24.9 Å². The van der Waals surface area contributed by atoms with Gasteiger partial charge in [0.25, 0.3) is 0 Å². The van der Waals surface area contributed by atoms with E-state index in [2.05, 4.69) is 27.1 Å². The Balaban J connectivity index is 1.77. The van der Waals surface area contributed by atoms with Crippen LogP contribution in [0.4, 0.5) is 5.82 Å². The van der Waals surface area contributed by atoms with Gasteiger partial charge in [-0.1, -0.05) is 5.92 Å². The van der Waals surface area contributed by atoms with Crippen LogP contribution in [0.1, 0.15) is 38.7 Å². The van der Waals surface area contributed by atoms with Gasteiger partial charge in [0.15, 0.2) is 0 Å². The number of hydrogen-bond donors (Lipinski definition) is 1. The summed E-state index contributed by atoms with van der Waals surface area (Å²) in [7, 11) is 0. The largest absolute Gasteiger partial charge is 0.363 e. The molecule has 3 aliphatic carbocycles. The standard InChI is InChI=1S/C16H20ClN3O2/c1-3-21-13(22-4-2)6-5-12-10-18-15(17)19-14(12)20-16-7-11(8-16)9-16/h10-11,13H,3-4,7-9H2,1-2H3,(H,18,19,20). The lowest BCUT2D eigenvalue weighted by Crippen LogP contribution is -2.63. The van der Waals surface area contributed by atoms with Gasteiger partial charge in [0.05, 0.1) is 5.56 Å². The molecule has 3 fully saturated rings. The Bertz CT molecular complexity index is 588. The number of rotatable bonds is 6. The zero-order valence-electron chi connectivity index (χ0n) is 12.9. The molecular weight excluding hydrogens is 302 g/mol. The van der Waals surface area contributed by atoms with Crippen molar-refractivity contribution in [3.05, 3.63) is 17.0 Å². The second-order valence-corrected chi connectivity index (χ2v) is 6.14. The first kappa shape index (κ1) is 15.5. The van der Waals surface area contributed by atoms with E-state index in [0.29, 0.717) is 19.0 Å². The van der Waals surface area contributed by atoms with Gasteiger partial charge in [-0.25, -0.2) is 4.98 Å². The highest BCUT2D eigenvalue weighted by Crippen LogP contribution is 2.58. The Hall–Kier alpha value is -1.35. The molecule has 0 amide bonds. The fourth-order valence-electron chi connectivity index (χ4n) is 3.00. The molecule has 2 bridgehead atoms. The highest BCUT2D eigenvalue weighted by molar-refractivity contribution is 6.28. The second kappa shape index (κ2) is 6.41. The smallest absolute Gasteiger partial charge is 0.224 e. The summed E-state index contributed by atoms with van der Waals surface area (Å²) in [5.41, 5.74) is 0.927. The zero-order chi connectivity index (χ0) is 15.6. The highest BCUT2D eigenvalue weighted by atomic mass is 35.5. The lowest BCUT2D eigenvalue weighted by molar-refractivity contribution is -0.0969. The molecule has 0 aromatic carbocycles. The van der Waals surface area contributed by atoms with Crippen LogP contribution in [0, 0.1) is 17.8 Å². The maximum absolute atomic E-state index is 5.92. The fourth-order valence-corrected chi connectivity index (χ4v) is 3.13. The van der Waals surface area contributed by atoms with E-state index in [9.17, 15) is 0 Å². The molecule has 0 saturated heterocycles. The van der Waals surface area contributed by atoms with Crippen molar-refractivity contribution in [2.24, 2.45) is 5.92 Å². The number of nitrogens with one attached hydrogen (secondary N) is 1. The Morgan fingerprint density at radius 3 is 2.59 bits per heavy atom. The van der Waals surface area contributed by atoms with Crippen LogP contribution < -0.4 is 5.32 Å². The Kier molecular flexibility index (Phi) is 4.53. The van der Waals surface area contributed by atoms with Crippen molar-refractivity contribution >= 4 is 17.4 Å². The van der Waals surface area contributed by atoms with E-state index in [-0.39, 0.29) is 10.8 Å². The van der Waals surface area contributed by atoms with Crippen LogP contribution in [0.15, 0.2) is 6.20 Å². The van der Waals surface area contributed by atoms with Crippen molar-refractivity contribution in [3.8, 4) is 11.8 Å². The van der Waals surface area contributed by atoms with Gasteiger partial charge in [-0.3, -0.25) is 0 Å². The van der Waals surface area contributed by atoms with Gasteiger partial charge in [-0.2, -0.15) is 4.98 Å². The van der Waals surface area contributed by atoms with Crippen molar-refractivity contribution in [1.29, 1.82) is 0 Å².